The lowest BCUT2D eigenvalue weighted by Gasteiger charge is -2.16. The van der Waals surface area contributed by atoms with Crippen LogP contribution in [0.15, 0.2) is 0 Å². The maximum absolute atomic E-state index is 6.11. The molecule has 1 unspecified atom stereocenters. The minimum absolute atomic E-state index is 0.401. The molecule has 0 aliphatic carbocycles. The van der Waals surface area contributed by atoms with Crippen molar-refractivity contribution in [3.63, 3.8) is 0 Å². The fourth-order valence-electron chi connectivity index (χ4n) is 2.08. The van der Waals surface area contributed by atoms with Gasteiger partial charge in [0.15, 0.2) is 0 Å². The first kappa shape index (κ1) is 14.5. The van der Waals surface area contributed by atoms with Crippen molar-refractivity contribution in [3.05, 3.63) is 11.1 Å². The summed E-state index contributed by atoms with van der Waals surface area (Å²) in [7, 11) is 0. The molecular weight excluding hydrogens is 234 g/mol. The van der Waals surface area contributed by atoms with Crippen molar-refractivity contribution in [3.8, 4) is 0 Å². The van der Waals surface area contributed by atoms with Crippen molar-refractivity contribution in [2.45, 2.75) is 65.8 Å². The van der Waals surface area contributed by atoms with Crippen LogP contribution in [0.2, 0.25) is 5.28 Å². The molecule has 0 N–H and O–H groups in total. The predicted octanol–water partition coefficient (Wildman–Crippen LogP) is 4.27. The van der Waals surface area contributed by atoms with E-state index in [1.54, 1.807) is 0 Å². The molecule has 0 saturated heterocycles. The van der Waals surface area contributed by atoms with Crippen molar-refractivity contribution in [1.82, 2.24) is 14.8 Å². The summed E-state index contributed by atoms with van der Waals surface area (Å²) in [6, 6.07) is 0.401. The van der Waals surface area contributed by atoms with Gasteiger partial charge in [0.1, 0.15) is 5.82 Å². The minimum Gasteiger partial charge on any atom is -0.299 e. The lowest BCUT2D eigenvalue weighted by atomic mass is 10.0. The van der Waals surface area contributed by atoms with Gasteiger partial charge in [0.05, 0.1) is 0 Å². The predicted molar refractivity (Wildman–Crippen MR) is 72.4 cm³/mol. The Morgan fingerprint density at radius 3 is 2.47 bits per heavy atom. The van der Waals surface area contributed by atoms with E-state index in [0.29, 0.717) is 11.3 Å². The number of rotatable bonds is 7. The number of hydrogen-bond acceptors (Lipinski definition) is 2. The number of nitrogens with zero attached hydrogens (tertiary/aromatic N) is 3. The van der Waals surface area contributed by atoms with Gasteiger partial charge in [-0.1, -0.05) is 33.6 Å². The highest BCUT2D eigenvalue weighted by molar-refractivity contribution is 6.28. The van der Waals surface area contributed by atoms with Crippen LogP contribution in [-0.2, 0) is 6.42 Å². The molecule has 0 bridgehead atoms. The van der Waals surface area contributed by atoms with E-state index in [1.165, 1.54) is 12.8 Å². The van der Waals surface area contributed by atoms with E-state index in [1.807, 2.05) is 0 Å². The lowest BCUT2D eigenvalue weighted by molar-refractivity contribution is 0.436. The Kier molecular flexibility index (Phi) is 5.96. The van der Waals surface area contributed by atoms with Gasteiger partial charge in [0, 0.05) is 12.5 Å². The molecule has 0 fully saturated rings. The Hall–Kier alpha value is -0.570. The molecule has 17 heavy (non-hydrogen) atoms. The monoisotopic (exact) mass is 257 g/mol. The number of halogens is 1. The van der Waals surface area contributed by atoms with Crippen LogP contribution in [0.1, 0.15) is 65.2 Å². The Morgan fingerprint density at radius 2 is 1.88 bits per heavy atom. The second kappa shape index (κ2) is 7.00. The molecule has 0 aromatic carbocycles. The van der Waals surface area contributed by atoms with E-state index in [9.17, 15) is 0 Å². The molecule has 1 aromatic heterocycles. The van der Waals surface area contributed by atoms with E-state index in [-0.39, 0.29) is 0 Å². The number of aryl methyl sites for hydroxylation is 1. The Labute approximate surface area is 110 Å². The zero-order valence-electron chi connectivity index (χ0n) is 11.4. The maximum atomic E-state index is 6.11. The molecule has 0 spiro atoms. The van der Waals surface area contributed by atoms with Gasteiger partial charge in [-0.25, -0.2) is 0 Å². The molecule has 0 radical (unpaired) electrons. The molecule has 1 atom stereocenters. The van der Waals surface area contributed by atoms with Crippen LogP contribution in [0.25, 0.3) is 0 Å². The highest BCUT2D eigenvalue weighted by Crippen LogP contribution is 2.22. The summed E-state index contributed by atoms with van der Waals surface area (Å²) in [6.45, 7) is 8.88. The van der Waals surface area contributed by atoms with Crippen molar-refractivity contribution >= 4 is 11.6 Å². The van der Waals surface area contributed by atoms with Gasteiger partial charge >= 0.3 is 0 Å². The van der Waals surface area contributed by atoms with E-state index in [0.717, 1.165) is 31.0 Å². The summed E-state index contributed by atoms with van der Waals surface area (Å²) in [6.07, 6.45) is 5.68. The molecule has 0 saturated carbocycles. The summed E-state index contributed by atoms with van der Waals surface area (Å²) in [5.74, 6) is 1.79. The standard InChI is InChI=1S/C13H24ClN3/c1-5-7-12-15-16-13(14)17(12)11(4)9-6-8-10(2)3/h10-11H,5-9H2,1-4H3. The van der Waals surface area contributed by atoms with Crippen LogP contribution in [0, 0.1) is 5.92 Å². The van der Waals surface area contributed by atoms with Crippen LogP contribution >= 0.6 is 11.6 Å². The van der Waals surface area contributed by atoms with Gasteiger partial charge in [-0.05, 0) is 37.3 Å². The topological polar surface area (TPSA) is 30.7 Å². The van der Waals surface area contributed by atoms with Gasteiger partial charge in [-0.15, -0.1) is 10.2 Å². The van der Waals surface area contributed by atoms with Gasteiger partial charge in [-0.2, -0.15) is 0 Å². The quantitative estimate of drug-likeness (QED) is 0.730. The molecule has 1 rings (SSSR count). The molecule has 0 amide bonds. The van der Waals surface area contributed by atoms with E-state index < -0.39 is 0 Å². The van der Waals surface area contributed by atoms with E-state index >= 15 is 0 Å². The molecule has 0 aliphatic heterocycles. The number of hydrogen-bond donors (Lipinski definition) is 0. The van der Waals surface area contributed by atoms with Crippen molar-refractivity contribution in [2.75, 3.05) is 0 Å². The smallest absolute Gasteiger partial charge is 0.225 e. The summed E-state index contributed by atoms with van der Waals surface area (Å²) < 4.78 is 2.09. The SMILES string of the molecule is CCCc1nnc(Cl)n1C(C)CCCC(C)C. The van der Waals surface area contributed by atoms with Gasteiger partial charge in [0.2, 0.25) is 5.28 Å². The van der Waals surface area contributed by atoms with E-state index in [2.05, 4.69) is 42.5 Å². The average molecular weight is 258 g/mol. The van der Waals surface area contributed by atoms with Gasteiger partial charge in [0.25, 0.3) is 0 Å². The normalized spacial score (nSPS) is 13.3. The molecule has 1 aromatic rings. The largest absolute Gasteiger partial charge is 0.299 e. The Balaban J connectivity index is 2.60. The zero-order valence-corrected chi connectivity index (χ0v) is 12.2. The van der Waals surface area contributed by atoms with Gasteiger partial charge in [-0.3, -0.25) is 4.57 Å². The summed E-state index contributed by atoms with van der Waals surface area (Å²) >= 11 is 6.11. The third-order valence-corrected chi connectivity index (χ3v) is 3.30. The first-order chi connectivity index (χ1) is 8.06. The molecule has 98 valence electrons. The van der Waals surface area contributed by atoms with Crippen LogP contribution in [0.4, 0.5) is 0 Å². The maximum Gasteiger partial charge on any atom is 0.225 e. The molecule has 4 heteroatoms. The fourth-order valence-corrected chi connectivity index (χ4v) is 2.38. The minimum atomic E-state index is 0.401. The van der Waals surface area contributed by atoms with Crippen LogP contribution in [0.5, 0.6) is 0 Å². The second-order valence-electron chi connectivity index (χ2n) is 5.18. The fraction of sp³-hybridized carbons (Fsp3) is 0.846. The summed E-state index contributed by atoms with van der Waals surface area (Å²) in [4.78, 5) is 0. The lowest BCUT2D eigenvalue weighted by Crippen LogP contribution is -2.10. The van der Waals surface area contributed by atoms with Crippen molar-refractivity contribution in [1.29, 1.82) is 0 Å². The highest BCUT2D eigenvalue weighted by atomic mass is 35.5. The third kappa shape index (κ3) is 4.30. The molecule has 1 heterocycles. The Bertz CT molecular complexity index is 333. The molecule has 0 aliphatic rings. The Morgan fingerprint density at radius 1 is 1.18 bits per heavy atom. The summed E-state index contributed by atoms with van der Waals surface area (Å²) in [5, 5.41) is 8.66. The number of aromatic nitrogens is 3. The van der Waals surface area contributed by atoms with Crippen molar-refractivity contribution < 1.29 is 0 Å². The first-order valence-electron chi connectivity index (χ1n) is 6.65. The molecular formula is C13H24ClN3. The average Bonchev–Trinajstić information content (AvgIpc) is 2.60. The van der Waals surface area contributed by atoms with Gasteiger partial charge < -0.3 is 0 Å². The van der Waals surface area contributed by atoms with Crippen LogP contribution in [0.3, 0.4) is 0 Å². The van der Waals surface area contributed by atoms with Crippen LogP contribution < -0.4 is 0 Å². The molecule has 3 nitrogen and oxygen atoms in total. The van der Waals surface area contributed by atoms with Crippen molar-refractivity contribution in [2.24, 2.45) is 5.92 Å². The van der Waals surface area contributed by atoms with Crippen LogP contribution in [-0.4, -0.2) is 14.8 Å². The highest BCUT2D eigenvalue weighted by Gasteiger charge is 2.15. The third-order valence-electron chi connectivity index (χ3n) is 3.04. The summed E-state index contributed by atoms with van der Waals surface area (Å²) in [5.41, 5.74) is 0. The van der Waals surface area contributed by atoms with E-state index in [4.69, 9.17) is 11.6 Å². The second-order valence-corrected chi connectivity index (χ2v) is 5.52. The zero-order chi connectivity index (χ0) is 12.8. The first-order valence-corrected chi connectivity index (χ1v) is 7.03.